The van der Waals surface area contributed by atoms with Crippen LogP contribution in [0.15, 0.2) is 42.5 Å². The zero-order chi connectivity index (χ0) is 20.8. The average Bonchev–Trinajstić information content (AvgIpc) is 2.73. The van der Waals surface area contributed by atoms with Crippen molar-refractivity contribution in [3.05, 3.63) is 53.1 Å². The molecule has 5 heteroatoms. The van der Waals surface area contributed by atoms with Crippen LogP contribution in [0.3, 0.4) is 0 Å². The lowest BCUT2D eigenvalue weighted by Gasteiger charge is -2.32. The largest absolute Gasteiger partial charge is 0.484 e. The first-order chi connectivity index (χ1) is 14.0. The third kappa shape index (κ3) is 5.89. The molecule has 0 aromatic heterocycles. The van der Waals surface area contributed by atoms with E-state index in [0.29, 0.717) is 22.4 Å². The zero-order valence-corrected chi connectivity index (χ0v) is 18.3. The average molecular weight is 415 g/mol. The van der Waals surface area contributed by atoms with Gasteiger partial charge in [-0.05, 0) is 67.0 Å². The molecule has 1 saturated heterocycles. The van der Waals surface area contributed by atoms with Crippen LogP contribution in [-0.4, -0.2) is 25.6 Å². The molecule has 1 heterocycles. The maximum Gasteiger partial charge on any atom is 0.262 e. The van der Waals surface area contributed by atoms with Crippen molar-refractivity contribution in [3.63, 3.8) is 0 Å². The summed E-state index contributed by atoms with van der Waals surface area (Å²) in [5.74, 6) is 1.79. The van der Waals surface area contributed by atoms with Crippen LogP contribution >= 0.6 is 11.6 Å². The third-order valence-corrected chi connectivity index (χ3v) is 6.09. The van der Waals surface area contributed by atoms with Gasteiger partial charge in [-0.25, -0.2) is 0 Å². The summed E-state index contributed by atoms with van der Waals surface area (Å²) in [5.41, 5.74) is 3.00. The van der Waals surface area contributed by atoms with Crippen LogP contribution in [0.1, 0.15) is 51.5 Å². The molecule has 0 radical (unpaired) electrons. The molecule has 1 fully saturated rings. The predicted molar refractivity (Wildman–Crippen MR) is 121 cm³/mol. The van der Waals surface area contributed by atoms with Crippen LogP contribution < -0.4 is 15.0 Å². The van der Waals surface area contributed by atoms with Gasteiger partial charge in [-0.15, -0.1) is 0 Å². The highest BCUT2D eigenvalue weighted by Crippen LogP contribution is 2.31. The maximum absolute atomic E-state index is 12.3. The smallest absolute Gasteiger partial charge is 0.262 e. The van der Waals surface area contributed by atoms with Gasteiger partial charge in [0.2, 0.25) is 0 Å². The van der Waals surface area contributed by atoms with Crippen LogP contribution in [-0.2, 0) is 4.79 Å². The first-order valence-corrected chi connectivity index (χ1v) is 10.9. The molecule has 2 aromatic rings. The molecule has 29 heavy (non-hydrogen) atoms. The number of hydrogen-bond acceptors (Lipinski definition) is 3. The van der Waals surface area contributed by atoms with Gasteiger partial charge < -0.3 is 15.0 Å². The Balaban J connectivity index is 1.52. The lowest BCUT2D eigenvalue weighted by atomic mass is 9.99. The number of hydrogen-bond donors (Lipinski definition) is 1. The number of nitrogens with zero attached hydrogens (tertiary/aromatic N) is 1. The van der Waals surface area contributed by atoms with E-state index in [1.54, 1.807) is 0 Å². The lowest BCUT2D eigenvalue weighted by Crippen LogP contribution is -2.32. The number of halogens is 1. The molecule has 0 spiro atoms. The van der Waals surface area contributed by atoms with Crippen molar-refractivity contribution in [3.8, 4) is 5.75 Å². The number of piperidine rings is 1. The second kappa shape index (κ2) is 10.0. The Morgan fingerprint density at radius 2 is 1.90 bits per heavy atom. The molecule has 3 rings (SSSR count). The number of carbonyl (C=O) groups is 1. The van der Waals surface area contributed by atoms with Gasteiger partial charge >= 0.3 is 0 Å². The van der Waals surface area contributed by atoms with Crippen molar-refractivity contribution in [2.75, 3.05) is 29.9 Å². The normalized spacial score (nSPS) is 15.8. The summed E-state index contributed by atoms with van der Waals surface area (Å²) in [7, 11) is 0. The van der Waals surface area contributed by atoms with Crippen LogP contribution in [0, 0.1) is 5.92 Å². The van der Waals surface area contributed by atoms with Crippen molar-refractivity contribution in [1.29, 1.82) is 0 Å². The standard InChI is InChI=1S/C24H31ClN2O2/c1-4-18(3)19-5-8-21(9-6-19)29-16-24(28)26-20-7-10-23(22(25)15-20)27-13-11-17(2)12-14-27/h5-10,15,17-18H,4,11-14,16H2,1-3H3,(H,26,28). The minimum Gasteiger partial charge on any atom is -0.484 e. The minimum absolute atomic E-state index is 0.0357. The number of benzene rings is 2. The van der Waals surface area contributed by atoms with Gasteiger partial charge in [0.1, 0.15) is 5.75 Å². The van der Waals surface area contributed by atoms with E-state index < -0.39 is 0 Å². The number of rotatable bonds is 7. The number of nitrogens with one attached hydrogen (secondary N) is 1. The van der Waals surface area contributed by atoms with Gasteiger partial charge in [0, 0.05) is 18.8 Å². The topological polar surface area (TPSA) is 41.6 Å². The van der Waals surface area contributed by atoms with Gasteiger partial charge in [0.15, 0.2) is 6.61 Å². The van der Waals surface area contributed by atoms with Gasteiger partial charge in [0.05, 0.1) is 10.7 Å². The molecular weight excluding hydrogens is 384 g/mol. The Morgan fingerprint density at radius 1 is 1.21 bits per heavy atom. The monoisotopic (exact) mass is 414 g/mol. The van der Waals surface area contributed by atoms with Crippen molar-refractivity contribution in [2.45, 2.75) is 46.0 Å². The van der Waals surface area contributed by atoms with Crippen molar-refractivity contribution < 1.29 is 9.53 Å². The Morgan fingerprint density at radius 3 is 2.52 bits per heavy atom. The Labute approximate surface area is 179 Å². The Bertz CT molecular complexity index is 814. The van der Waals surface area contributed by atoms with E-state index in [-0.39, 0.29) is 12.5 Å². The summed E-state index contributed by atoms with van der Waals surface area (Å²) >= 11 is 6.48. The second-order valence-electron chi connectivity index (χ2n) is 8.05. The molecular formula is C24H31ClN2O2. The van der Waals surface area contributed by atoms with Crippen molar-refractivity contribution in [1.82, 2.24) is 0 Å². The Hall–Kier alpha value is -2.20. The van der Waals surface area contributed by atoms with Crippen LogP contribution in [0.2, 0.25) is 5.02 Å². The maximum atomic E-state index is 12.3. The van der Waals surface area contributed by atoms with Gasteiger partial charge in [-0.2, -0.15) is 0 Å². The fourth-order valence-electron chi connectivity index (χ4n) is 3.56. The highest BCUT2D eigenvalue weighted by molar-refractivity contribution is 6.33. The predicted octanol–water partition coefficient (Wildman–Crippen LogP) is 6.11. The highest BCUT2D eigenvalue weighted by Gasteiger charge is 2.18. The van der Waals surface area contributed by atoms with E-state index in [2.05, 4.69) is 43.1 Å². The molecule has 1 aliphatic heterocycles. The summed E-state index contributed by atoms with van der Waals surface area (Å²) < 4.78 is 5.61. The van der Waals surface area contributed by atoms with E-state index in [4.69, 9.17) is 16.3 Å². The van der Waals surface area contributed by atoms with E-state index in [1.165, 1.54) is 18.4 Å². The van der Waals surface area contributed by atoms with Crippen LogP contribution in [0.5, 0.6) is 5.75 Å². The molecule has 4 nitrogen and oxygen atoms in total. The first kappa shape index (κ1) is 21.5. The molecule has 1 N–H and O–H groups in total. The number of ether oxygens (including phenoxy) is 1. The minimum atomic E-state index is -0.202. The fourth-order valence-corrected chi connectivity index (χ4v) is 3.86. The molecule has 1 amide bonds. The first-order valence-electron chi connectivity index (χ1n) is 10.5. The van der Waals surface area contributed by atoms with E-state index in [0.717, 1.165) is 31.1 Å². The molecule has 1 aliphatic rings. The molecule has 1 atom stereocenters. The van der Waals surface area contributed by atoms with E-state index >= 15 is 0 Å². The summed E-state index contributed by atoms with van der Waals surface area (Å²) in [5, 5.41) is 3.53. The Kier molecular flexibility index (Phi) is 7.43. The molecule has 0 bridgehead atoms. The number of anilines is 2. The van der Waals surface area contributed by atoms with Crippen LogP contribution in [0.4, 0.5) is 11.4 Å². The fraction of sp³-hybridized carbons (Fsp3) is 0.458. The molecule has 156 valence electrons. The SMILES string of the molecule is CCC(C)c1ccc(OCC(=O)Nc2ccc(N3CCC(C)CC3)c(Cl)c2)cc1. The van der Waals surface area contributed by atoms with Gasteiger partial charge in [0.25, 0.3) is 5.91 Å². The van der Waals surface area contributed by atoms with Crippen molar-refractivity contribution in [2.24, 2.45) is 5.92 Å². The molecule has 2 aromatic carbocycles. The summed E-state index contributed by atoms with van der Waals surface area (Å²) in [6.45, 7) is 8.68. The summed E-state index contributed by atoms with van der Waals surface area (Å²) in [6.07, 6.45) is 3.47. The lowest BCUT2D eigenvalue weighted by molar-refractivity contribution is -0.118. The molecule has 0 saturated carbocycles. The summed E-state index contributed by atoms with van der Waals surface area (Å²) in [4.78, 5) is 14.6. The highest BCUT2D eigenvalue weighted by atomic mass is 35.5. The van der Waals surface area contributed by atoms with Crippen LogP contribution in [0.25, 0.3) is 0 Å². The third-order valence-electron chi connectivity index (χ3n) is 5.79. The van der Waals surface area contributed by atoms with E-state index in [1.807, 2.05) is 30.3 Å². The van der Waals surface area contributed by atoms with E-state index in [9.17, 15) is 4.79 Å². The molecule has 0 aliphatic carbocycles. The number of carbonyl (C=O) groups excluding carboxylic acids is 1. The van der Waals surface area contributed by atoms with Gasteiger partial charge in [-0.1, -0.05) is 44.5 Å². The quantitative estimate of drug-likeness (QED) is 0.594. The second-order valence-corrected chi connectivity index (χ2v) is 8.46. The van der Waals surface area contributed by atoms with Gasteiger partial charge in [-0.3, -0.25) is 4.79 Å². The molecule has 1 unspecified atom stereocenters. The van der Waals surface area contributed by atoms with Crippen molar-refractivity contribution >= 4 is 28.9 Å². The number of amides is 1. The summed E-state index contributed by atoms with van der Waals surface area (Å²) in [6, 6.07) is 13.6. The zero-order valence-electron chi connectivity index (χ0n) is 17.6.